The number of carbonyl (C=O) groups excluding carboxylic acids is 2. The topological polar surface area (TPSA) is 120 Å². The molecule has 1 aromatic heterocycles. The van der Waals surface area contributed by atoms with Gasteiger partial charge in [-0.25, -0.2) is 14.4 Å². The largest absolute Gasteiger partial charge is 0.507 e. The molecule has 12 heteroatoms. The number of ether oxygens (including phenoxy) is 1. The Morgan fingerprint density at radius 2 is 1.69 bits per heavy atom. The quantitative estimate of drug-likeness (QED) is 0.293. The molecule has 0 bridgehead atoms. The molecule has 0 fully saturated rings. The summed E-state index contributed by atoms with van der Waals surface area (Å²) in [5.74, 6) is -1.12. The van der Waals surface area contributed by atoms with Gasteiger partial charge in [0.05, 0.1) is 10.0 Å². The van der Waals surface area contributed by atoms with E-state index >= 15 is 0 Å². The highest BCUT2D eigenvalue weighted by atomic mass is 35.5. The molecule has 0 saturated carbocycles. The van der Waals surface area contributed by atoms with Gasteiger partial charge in [0.1, 0.15) is 23.6 Å². The van der Waals surface area contributed by atoms with Gasteiger partial charge < -0.3 is 9.84 Å². The summed E-state index contributed by atoms with van der Waals surface area (Å²) in [7, 11) is 0. The lowest BCUT2D eigenvalue weighted by atomic mass is 10.1. The maximum atomic E-state index is 13.1. The van der Waals surface area contributed by atoms with Crippen LogP contribution in [0.3, 0.4) is 0 Å². The number of benzene rings is 3. The van der Waals surface area contributed by atoms with E-state index in [1.807, 2.05) is 18.2 Å². The number of para-hydroxylation sites is 1. The molecule has 10 nitrogen and oxygen atoms in total. The van der Waals surface area contributed by atoms with Crippen molar-refractivity contribution in [2.24, 2.45) is 0 Å². The first-order valence-electron chi connectivity index (χ1n) is 10.7. The van der Waals surface area contributed by atoms with E-state index in [2.05, 4.69) is 10.4 Å². The summed E-state index contributed by atoms with van der Waals surface area (Å²) in [5, 5.41) is 18.1. The Labute approximate surface area is 214 Å². The predicted octanol–water partition coefficient (Wildman–Crippen LogP) is 4.29. The highest BCUT2D eigenvalue weighted by Gasteiger charge is 2.25. The molecule has 4 aromatic rings. The number of halogens is 2. The van der Waals surface area contributed by atoms with Gasteiger partial charge in [0.15, 0.2) is 0 Å². The van der Waals surface area contributed by atoms with Gasteiger partial charge in [0.25, 0.3) is 0 Å². The van der Waals surface area contributed by atoms with E-state index in [4.69, 9.17) is 27.9 Å². The van der Waals surface area contributed by atoms with Gasteiger partial charge in [0, 0.05) is 18.3 Å². The molecule has 0 unspecified atom stereocenters. The van der Waals surface area contributed by atoms with Gasteiger partial charge in [-0.1, -0.05) is 59.6 Å². The van der Waals surface area contributed by atoms with E-state index in [9.17, 15) is 19.5 Å². The number of aromatic nitrogens is 4. The lowest BCUT2D eigenvalue weighted by Crippen LogP contribution is -2.41. The number of hydrogen-bond donors (Lipinski definition) is 1. The van der Waals surface area contributed by atoms with Crippen molar-refractivity contribution in [2.75, 3.05) is 11.4 Å². The molecule has 36 heavy (non-hydrogen) atoms. The zero-order chi connectivity index (χ0) is 25.8. The lowest BCUT2D eigenvalue weighted by molar-refractivity contribution is 0.0469. The second-order valence-electron chi connectivity index (χ2n) is 7.45. The molecule has 184 valence electrons. The number of amides is 1. The maximum Gasteiger partial charge on any atom is 0.377 e. The second-order valence-corrected chi connectivity index (χ2v) is 8.26. The number of anilines is 1. The van der Waals surface area contributed by atoms with Crippen LogP contribution in [0.4, 0.5) is 10.5 Å². The van der Waals surface area contributed by atoms with Gasteiger partial charge >= 0.3 is 17.7 Å². The third kappa shape index (κ3) is 4.95. The van der Waals surface area contributed by atoms with Crippen LogP contribution in [-0.4, -0.2) is 43.4 Å². The van der Waals surface area contributed by atoms with Gasteiger partial charge in [-0.3, -0.25) is 4.90 Å². The highest BCUT2D eigenvalue weighted by molar-refractivity contribution is 6.37. The van der Waals surface area contributed by atoms with Crippen LogP contribution in [0.15, 0.2) is 71.5 Å². The molecular formula is C24H19Cl2N5O5. The monoisotopic (exact) mass is 527 g/mol. The summed E-state index contributed by atoms with van der Waals surface area (Å²) >= 11 is 12.3. The van der Waals surface area contributed by atoms with Crippen molar-refractivity contribution in [1.82, 2.24) is 19.8 Å². The summed E-state index contributed by atoms with van der Waals surface area (Å²) < 4.78 is 6.61. The summed E-state index contributed by atoms with van der Waals surface area (Å²) in [6.07, 6.45) is 0. The molecule has 0 atom stereocenters. The number of tetrazole rings is 1. The normalized spacial score (nSPS) is 10.8. The van der Waals surface area contributed by atoms with Crippen LogP contribution < -0.4 is 10.6 Å². The van der Waals surface area contributed by atoms with Crippen LogP contribution in [0.25, 0.3) is 5.69 Å². The minimum Gasteiger partial charge on any atom is -0.507 e. The summed E-state index contributed by atoms with van der Waals surface area (Å²) in [5.41, 5.74) is 0.135. The number of phenolic OH excluding ortho intramolecular Hbond substituents is 1. The molecule has 0 saturated heterocycles. The van der Waals surface area contributed by atoms with Crippen molar-refractivity contribution in [3.8, 4) is 11.4 Å². The molecule has 0 aliphatic rings. The average molecular weight is 528 g/mol. The van der Waals surface area contributed by atoms with Crippen molar-refractivity contribution in [2.45, 2.75) is 13.5 Å². The first kappa shape index (κ1) is 25.0. The lowest BCUT2D eigenvalue weighted by Gasteiger charge is -2.20. The van der Waals surface area contributed by atoms with Gasteiger partial charge in [-0.05, 0) is 47.2 Å². The summed E-state index contributed by atoms with van der Waals surface area (Å²) in [6.45, 7) is 1.81. The van der Waals surface area contributed by atoms with Gasteiger partial charge in [-0.2, -0.15) is 4.68 Å². The first-order chi connectivity index (χ1) is 17.3. The van der Waals surface area contributed by atoms with E-state index in [0.29, 0.717) is 4.68 Å². The maximum absolute atomic E-state index is 13.1. The van der Waals surface area contributed by atoms with E-state index < -0.39 is 23.4 Å². The zero-order valence-corrected chi connectivity index (χ0v) is 20.3. The fraction of sp³-hybridized carbons (Fsp3) is 0.125. The van der Waals surface area contributed by atoms with Crippen molar-refractivity contribution in [3.63, 3.8) is 0 Å². The molecule has 1 heterocycles. The fourth-order valence-corrected chi connectivity index (χ4v) is 3.96. The van der Waals surface area contributed by atoms with E-state index in [1.54, 1.807) is 25.1 Å². The molecule has 0 radical (unpaired) electrons. The number of esters is 1. The minimum absolute atomic E-state index is 0.0362. The minimum atomic E-state index is -0.890. The van der Waals surface area contributed by atoms with Crippen LogP contribution in [-0.2, 0) is 11.3 Å². The van der Waals surface area contributed by atoms with E-state index in [0.717, 1.165) is 10.2 Å². The Hall–Kier alpha value is -4.15. The average Bonchev–Trinajstić information content (AvgIpc) is 3.24. The Kier molecular flexibility index (Phi) is 7.37. The molecular weight excluding hydrogens is 509 g/mol. The fourth-order valence-electron chi connectivity index (χ4n) is 3.40. The molecule has 0 spiro atoms. The molecule has 1 amide bonds. The SMILES string of the molecule is CCN(C(=O)n1nnn(-c2c(Cl)cccc2Cl)c1=O)c1ccc(C(=O)OCc2ccccc2)c(O)c1. The number of hydrogen-bond acceptors (Lipinski definition) is 7. The Morgan fingerprint density at radius 1 is 1.00 bits per heavy atom. The molecule has 3 aromatic carbocycles. The van der Waals surface area contributed by atoms with Crippen molar-refractivity contribution < 1.29 is 19.4 Å². The number of carbonyl (C=O) groups is 2. The van der Waals surface area contributed by atoms with Crippen LogP contribution in [0.1, 0.15) is 22.8 Å². The van der Waals surface area contributed by atoms with Crippen LogP contribution in [0.2, 0.25) is 10.0 Å². The van der Waals surface area contributed by atoms with E-state index in [-0.39, 0.29) is 40.1 Å². The zero-order valence-electron chi connectivity index (χ0n) is 18.8. The molecule has 0 aliphatic heterocycles. The second kappa shape index (κ2) is 10.6. The van der Waals surface area contributed by atoms with Crippen molar-refractivity contribution >= 4 is 40.9 Å². The van der Waals surface area contributed by atoms with Crippen molar-refractivity contribution in [3.05, 3.63) is 98.4 Å². The highest BCUT2D eigenvalue weighted by Crippen LogP contribution is 2.27. The Balaban J connectivity index is 1.57. The molecule has 0 aliphatic carbocycles. The van der Waals surface area contributed by atoms with Gasteiger partial charge in [-0.15, -0.1) is 4.68 Å². The first-order valence-corrected chi connectivity index (χ1v) is 11.4. The number of phenols is 1. The van der Waals surface area contributed by atoms with Crippen LogP contribution >= 0.6 is 23.2 Å². The standard InChI is InChI=1S/C24H19Cl2N5O5/c1-2-29(23(34)31-24(35)30(27-28-31)21-18(25)9-6-10-19(21)26)16-11-12-17(20(32)13-16)22(33)36-14-15-7-4-3-5-8-15/h3-13,32H,2,14H2,1H3. The Morgan fingerprint density at radius 3 is 2.33 bits per heavy atom. The number of aromatic hydroxyl groups is 1. The van der Waals surface area contributed by atoms with Gasteiger partial charge in [0.2, 0.25) is 0 Å². The van der Waals surface area contributed by atoms with E-state index in [1.165, 1.54) is 35.2 Å². The molecule has 4 rings (SSSR count). The number of nitrogens with zero attached hydrogens (tertiary/aromatic N) is 5. The smallest absolute Gasteiger partial charge is 0.377 e. The third-order valence-corrected chi connectivity index (χ3v) is 5.79. The summed E-state index contributed by atoms with van der Waals surface area (Å²) in [4.78, 5) is 39.6. The Bertz CT molecular complexity index is 1470. The van der Waals surface area contributed by atoms with Crippen molar-refractivity contribution in [1.29, 1.82) is 0 Å². The molecule has 1 N–H and O–H groups in total. The third-order valence-electron chi connectivity index (χ3n) is 5.18. The predicted molar refractivity (Wildman–Crippen MR) is 133 cm³/mol. The number of rotatable bonds is 6. The van der Waals surface area contributed by atoms with Crippen LogP contribution in [0, 0.1) is 0 Å². The summed E-state index contributed by atoms with van der Waals surface area (Å²) in [6, 6.07) is 16.9. The van der Waals surface area contributed by atoms with Crippen LogP contribution in [0.5, 0.6) is 5.75 Å².